The molecule has 1 rings (SSSR count). The van der Waals surface area contributed by atoms with Gasteiger partial charge >= 0.3 is 5.69 Å². The molecule has 0 saturated carbocycles. The highest BCUT2D eigenvalue weighted by Gasteiger charge is 2.09. The van der Waals surface area contributed by atoms with Crippen molar-refractivity contribution < 1.29 is 4.92 Å². The van der Waals surface area contributed by atoms with E-state index in [9.17, 15) is 10.1 Å². The number of aromatic nitrogens is 1. The van der Waals surface area contributed by atoms with Crippen molar-refractivity contribution in [3.05, 3.63) is 33.6 Å². The van der Waals surface area contributed by atoms with Crippen molar-refractivity contribution in [3.8, 4) is 0 Å². The highest BCUT2D eigenvalue weighted by Crippen LogP contribution is 2.19. The maximum absolute atomic E-state index is 10.1. The van der Waals surface area contributed by atoms with Crippen LogP contribution < -0.4 is 0 Å². The molecule has 0 aliphatic rings. The van der Waals surface area contributed by atoms with Gasteiger partial charge in [0, 0.05) is 12.3 Å². The first kappa shape index (κ1) is 10.3. The Morgan fingerprint density at radius 2 is 2.27 bits per heavy atom. The molecule has 6 heteroatoms. The maximum Gasteiger partial charge on any atom is 0.306 e. The smallest absolute Gasteiger partial charge is 0.258 e. The lowest BCUT2D eigenvalue weighted by Crippen LogP contribution is -1.89. The Balaban J connectivity index is 0.000001000. The van der Waals surface area contributed by atoms with E-state index in [0.29, 0.717) is 0 Å². The first-order valence-corrected chi connectivity index (χ1v) is 2.84. The molecule has 1 aromatic rings. The topological polar surface area (TPSA) is 56.0 Å². The Morgan fingerprint density at radius 1 is 1.64 bits per heavy atom. The summed E-state index contributed by atoms with van der Waals surface area (Å²) in [6.07, 6.45) is 1.40. The van der Waals surface area contributed by atoms with Gasteiger partial charge in [0.15, 0.2) is 0 Å². The number of rotatable bonds is 1. The van der Waals surface area contributed by atoms with Crippen molar-refractivity contribution >= 4 is 34.3 Å². The van der Waals surface area contributed by atoms with E-state index in [0.717, 1.165) is 0 Å². The van der Waals surface area contributed by atoms with Crippen LogP contribution in [0.5, 0.6) is 0 Å². The van der Waals surface area contributed by atoms with Gasteiger partial charge in [0.05, 0.1) is 4.92 Å². The van der Waals surface area contributed by atoms with Crippen LogP contribution in [0.3, 0.4) is 0 Å². The van der Waals surface area contributed by atoms with Gasteiger partial charge in [0.1, 0.15) is 0 Å². The SMILES string of the molecule is Br.O=[N+]([O-])c1cccnc1Cl. The Kier molecular flexibility index (Phi) is 3.99. The molecule has 0 bridgehead atoms. The molecule has 0 aliphatic heterocycles. The highest BCUT2D eigenvalue weighted by atomic mass is 79.9. The summed E-state index contributed by atoms with van der Waals surface area (Å²) in [7, 11) is 0. The predicted molar refractivity (Wildman–Crippen MR) is 46.2 cm³/mol. The van der Waals surface area contributed by atoms with Gasteiger partial charge in [0.2, 0.25) is 5.15 Å². The molecule has 0 aliphatic carbocycles. The van der Waals surface area contributed by atoms with Crippen LogP contribution in [0, 0.1) is 10.1 Å². The molecule has 60 valence electrons. The van der Waals surface area contributed by atoms with E-state index in [2.05, 4.69) is 4.98 Å². The van der Waals surface area contributed by atoms with Gasteiger partial charge in [-0.1, -0.05) is 11.6 Å². The molecule has 0 fully saturated rings. The molecular formula is C5H4BrClN2O2. The van der Waals surface area contributed by atoms with Gasteiger partial charge in [-0.3, -0.25) is 10.1 Å². The zero-order valence-corrected chi connectivity index (χ0v) is 7.70. The third kappa shape index (κ3) is 2.44. The fraction of sp³-hybridized carbons (Fsp3) is 0. The minimum Gasteiger partial charge on any atom is -0.258 e. The van der Waals surface area contributed by atoms with Crippen molar-refractivity contribution in [2.24, 2.45) is 0 Å². The summed E-state index contributed by atoms with van der Waals surface area (Å²) in [5.41, 5.74) is -0.163. The molecule has 4 nitrogen and oxygen atoms in total. The van der Waals surface area contributed by atoms with Gasteiger partial charge in [-0.15, -0.1) is 17.0 Å². The number of hydrogen-bond donors (Lipinski definition) is 0. The average Bonchev–Trinajstić information content (AvgIpc) is 1.88. The Hall–Kier alpha value is -0.680. The lowest BCUT2D eigenvalue weighted by molar-refractivity contribution is -0.385. The van der Waals surface area contributed by atoms with E-state index in [1.807, 2.05) is 0 Å². The first-order valence-electron chi connectivity index (χ1n) is 2.46. The number of pyridine rings is 1. The number of hydrogen-bond acceptors (Lipinski definition) is 3. The predicted octanol–water partition coefficient (Wildman–Crippen LogP) is 2.22. The van der Waals surface area contributed by atoms with Crippen LogP contribution in [0.2, 0.25) is 5.15 Å². The molecule has 0 aromatic carbocycles. The standard InChI is InChI=1S/C5H3ClN2O2.BrH/c6-5-4(8(9)10)2-1-3-7-5;/h1-3H;1H. The molecular weight excluding hydrogens is 235 g/mol. The van der Waals surface area contributed by atoms with Crippen molar-refractivity contribution in [3.63, 3.8) is 0 Å². The maximum atomic E-state index is 10.1. The van der Waals surface area contributed by atoms with Crippen molar-refractivity contribution in [1.29, 1.82) is 0 Å². The third-order valence-electron chi connectivity index (χ3n) is 0.936. The molecule has 0 radical (unpaired) electrons. The van der Waals surface area contributed by atoms with Crippen LogP contribution in [0.1, 0.15) is 0 Å². The lowest BCUT2D eigenvalue weighted by atomic mass is 10.4. The summed E-state index contributed by atoms with van der Waals surface area (Å²) < 4.78 is 0. The zero-order chi connectivity index (χ0) is 7.56. The molecule has 0 saturated heterocycles. The Bertz CT molecular complexity index is 268. The normalized spacial score (nSPS) is 8.45. The monoisotopic (exact) mass is 238 g/mol. The number of nitro groups is 1. The number of nitrogens with zero attached hydrogens (tertiary/aromatic N) is 2. The second-order valence-electron chi connectivity index (χ2n) is 1.57. The summed E-state index contributed by atoms with van der Waals surface area (Å²) in [5, 5.41) is 10.0. The van der Waals surface area contributed by atoms with Gasteiger partial charge in [0.25, 0.3) is 0 Å². The van der Waals surface area contributed by atoms with E-state index in [1.165, 1.54) is 18.3 Å². The molecule has 1 heterocycles. The van der Waals surface area contributed by atoms with Crippen LogP contribution in [0.4, 0.5) is 5.69 Å². The van der Waals surface area contributed by atoms with Crippen molar-refractivity contribution in [2.45, 2.75) is 0 Å². The molecule has 11 heavy (non-hydrogen) atoms. The van der Waals surface area contributed by atoms with E-state index < -0.39 is 4.92 Å². The van der Waals surface area contributed by atoms with Crippen LogP contribution in [0.25, 0.3) is 0 Å². The summed E-state index contributed by atoms with van der Waals surface area (Å²) in [4.78, 5) is 13.1. The number of halogens is 2. The fourth-order valence-corrected chi connectivity index (χ4v) is 0.702. The fourth-order valence-electron chi connectivity index (χ4n) is 0.514. The molecule has 0 amide bonds. The van der Waals surface area contributed by atoms with Crippen LogP contribution >= 0.6 is 28.6 Å². The van der Waals surface area contributed by atoms with Gasteiger partial charge in [-0.2, -0.15) is 0 Å². The first-order chi connectivity index (χ1) is 4.72. The minimum absolute atomic E-state index is 0. The lowest BCUT2D eigenvalue weighted by Gasteiger charge is -1.89. The van der Waals surface area contributed by atoms with Gasteiger partial charge < -0.3 is 0 Å². The van der Waals surface area contributed by atoms with E-state index >= 15 is 0 Å². The summed E-state index contributed by atoms with van der Waals surface area (Å²) in [5.74, 6) is 0. The van der Waals surface area contributed by atoms with E-state index in [1.54, 1.807) is 0 Å². The molecule has 0 atom stereocenters. The molecule has 0 N–H and O–H groups in total. The van der Waals surface area contributed by atoms with Gasteiger partial charge in [-0.05, 0) is 6.07 Å². The second kappa shape index (κ2) is 4.25. The molecule has 0 unspecified atom stereocenters. The minimum atomic E-state index is -0.574. The van der Waals surface area contributed by atoms with E-state index in [-0.39, 0.29) is 27.8 Å². The largest absolute Gasteiger partial charge is 0.306 e. The third-order valence-corrected chi connectivity index (χ3v) is 1.23. The van der Waals surface area contributed by atoms with E-state index in [4.69, 9.17) is 11.6 Å². The molecule has 0 spiro atoms. The van der Waals surface area contributed by atoms with Crippen molar-refractivity contribution in [1.82, 2.24) is 4.98 Å². The quantitative estimate of drug-likeness (QED) is 0.429. The zero-order valence-electron chi connectivity index (χ0n) is 5.23. The summed E-state index contributed by atoms with van der Waals surface area (Å²) in [6.45, 7) is 0. The Labute approximate surface area is 78.1 Å². The van der Waals surface area contributed by atoms with Gasteiger partial charge in [-0.25, -0.2) is 4.98 Å². The average molecular weight is 239 g/mol. The molecule has 1 aromatic heterocycles. The van der Waals surface area contributed by atoms with Crippen LogP contribution in [-0.2, 0) is 0 Å². The summed E-state index contributed by atoms with van der Waals surface area (Å²) >= 11 is 5.37. The second-order valence-corrected chi connectivity index (χ2v) is 1.93. The van der Waals surface area contributed by atoms with Crippen LogP contribution in [0.15, 0.2) is 18.3 Å². The Morgan fingerprint density at radius 3 is 2.64 bits per heavy atom. The van der Waals surface area contributed by atoms with Crippen LogP contribution in [-0.4, -0.2) is 9.91 Å². The summed E-state index contributed by atoms with van der Waals surface area (Å²) in [6, 6.07) is 2.76. The van der Waals surface area contributed by atoms with Crippen molar-refractivity contribution in [2.75, 3.05) is 0 Å². The highest BCUT2D eigenvalue weighted by molar-refractivity contribution is 8.93.